The van der Waals surface area contributed by atoms with Crippen molar-refractivity contribution in [1.82, 2.24) is 5.32 Å². The molecule has 0 aliphatic rings. The van der Waals surface area contributed by atoms with Gasteiger partial charge in [-0.2, -0.15) is 0 Å². The van der Waals surface area contributed by atoms with Crippen LogP contribution in [0.1, 0.15) is 41.8 Å². The lowest BCUT2D eigenvalue weighted by molar-refractivity contribution is -0.124. The van der Waals surface area contributed by atoms with Gasteiger partial charge in [-0.15, -0.1) is 0 Å². The molecule has 0 aromatic heterocycles. The van der Waals surface area contributed by atoms with Crippen molar-refractivity contribution in [2.75, 3.05) is 6.61 Å². The van der Waals surface area contributed by atoms with E-state index in [1.807, 2.05) is 37.3 Å². The average Bonchev–Trinajstić information content (AvgIpc) is 2.65. The van der Waals surface area contributed by atoms with Crippen molar-refractivity contribution in [3.05, 3.63) is 71.3 Å². The van der Waals surface area contributed by atoms with Gasteiger partial charge in [0, 0.05) is 6.04 Å². The molecule has 0 aliphatic heterocycles. The maximum Gasteiger partial charge on any atom is 0.338 e. The highest BCUT2D eigenvalue weighted by molar-refractivity contribution is 5.91. The number of ether oxygens (including phenoxy) is 1. The monoisotopic (exact) mass is 339 g/mol. The number of hydrogen-bond donors (Lipinski definition) is 1. The summed E-state index contributed by atoms with van der Waals surface area (Å²) >= 11 is 0. The predicted molar refractivity (Wildman–Crippen MR) is 98.5 cm³/mol. The van der Waals surface area contributed by atoms with Crippen LogP contribution in [0.4, 0.5) is 0 Å². The molecule has 4 nitrogen and oxygen atoms in total. The lowest BCUT2D eigenvalue weighted by atomic mass is 10.1. The Hall–Kier alpha value is -2.62. The first-order valence-electron chi connectivity index (χ1n) is 8.68. The molecular formula is C21H25NO3. The molecule has 1 unspecified atom stereocenters. The average molecular weight is 339 g/mol. The maximum absolute atomic E-state index is 11.9. The maximum atomic E-state index is 11.9. The van der Waals surface area contributed by atoms with Crippen molar-refractivity contribution in [2.45, 2.75) is 39.2 Å². The SMILES string of the molecule is CCc1ccc(C(=O)OCC(=O)NC(C)CCc2ccccc2)cc1. The number of hydrogen-bond acceptors (Lipinski definition) is 3. The van der Waals surface area contributed by atoms with E-state index in [2.05, 4.69) is 24.4 Å². The van der Waals surface area contributed by atoms with Crippen LogP contribution in [0, 0.1) is 0 Å². The Balaban J connectivity index is 1.71. The van der Waals surface area contributed by atoms with Crippen LogP contribution in [0.3, 0.4) is 0 Å². The molecule has 1 atom stereocenters. The minimum absolute atomic E-state index is 0.0234. The molecule has 0 fully saturated rings. The van der Waals surface area contributed by atoms with Crippen LogP contribution in [0.5, 0.6) is 0 Å². The Morgan fingerprint density at radius 3 is 2.32 bits per heavy atom. The van der Waals surface area contributed by atoms with Gasteiger partial charge in [0.2, 0.25) is 0 Å². The van der Waals surface area contributed by atoms with E-state index in [1.165, 1.54) is 5.56 Å². The second kappa shape index (κ2) is 9.62. The lowest BCUT2D eigenvalue weighted by Gasteiger charge is -2.14. The van der Waals surface area contributed by atoms with Crippen LogP contribution >= 0.6 is 0 Å². The third kappa shape index (κ3) is 6.42. The fraction of sp³-hybridized carbons (Fsp3) is 0.333. The third-order valence-corrected chi connectivity index (χ3v) is 4.05. The van der Waals surface area contributed by atoms with Gasteiger partial charge in [-0.05, 0) is 49.4 Å². The highest BCUT2D eigenvalue weighted by Crippen LogP contribution is 2.07. The molecule has 0 saturated heterocycles. The van der Waals surface area contributed by atoms with Crippen molar-refractivity contribution in [2.24, 2.45) is 0 Å². The molecule has 25 heavy (non-hydrogen) atoms. The van der Waals surface area contributed by atoms with Gasteiger partial charge in [0.15, 0.2) is 6.61 Å². The lowest BCUT2D eigenvalue weighted by Crippen LogP contribution is -2.36. The smallest absolute Gasteiger partial charge is 0.338 e. The summed E-state index contributed by atoms with van der Waals surface area (Å²) in [5, 5.41) is 2.86. The van der Waals surface area contributed by atoms with E-state index in [1.54, 1.807) is 12.1 Å². The molecule has 4 heteroatoms. The van der Waals surface area contributed by atoms with Gasteiger partial charge in [0.05, 0.1) is 5.56 Å². The van der Waals surface area contributed by atoms with E-state index in [0.29, 0.717) is 5.56 Å². The van der Waals surface area contributed by atoms with Gasteiger partial charge in [-0.3, -0.25) is 4.79 Å². The van der Waals surface area contributed by atoms with Crippen LogP contribution in [-0.2, 0) is 22.4 Å². The molecule has 2 aromatic carbocycles. The minimum Gasteiger partial charge on any atom is -0.452 e. The van der Waals surface area contributed by atoms with E-state index in [9.17, 15) is 9.59 Å². The summed E-state index contributed by atoms with van der Waals surface area (Å²) in [6, 6.07) is 17.4. The van der Waals surface area contributed by atoms with Gasteiger partial charge in [0.25, 0.3) is 5.91 Å². The van der Waals surface area contributed by atoms with Crippen molar-refractivity contribution < 1.29 is 14.3 Å². The summed E-state index contributed by atoms with van der Waals surface area (Å²) < 4.78 is 5.08. The van der Waals surface area contributed by atoms with Crippen molar-refractivity contribution >= 4 is 11.9 Å². The zero-order valence-corrected chi connectivity index (χ0v) is 14.8. The molecule has 0 bridgehead atoms. The van der Waals surface area contributed by atoms with Crippen LogP contribution in [0.15, 0.2) is 54.6 Å². The highest BCUT2D eigenvalue weighted by atomic mass is 16.5. The van der Waals surface area contributed by atoms with Gasteiger partial charge < -0.3 is 10.1 Å². The number of carbonyl (C=O) groups is 2. The van der Waals surface area contributed by atoms with E-state index < -0.39 is 5.97 Å². The summed E-state index contributed by atoms with van der Waals surface area (Å²) in [6.07, 6.45) is 2.65. The molecule has 0 radical (unpaired) electrons. The number of benzene rings is 2. The Morgan fingerprint density at radius 2 is 1.68 bits per heavy atom. The second-order valence-electron chi connectivity index (χ2n) is 6.12. The largest absolute Gasteiger partial charge is 0.452 e. The van der Waals surface area contributed by atoms with Crippen molar-refractivity contribution in [1.29, 1.82) is 0 Å². The standard InChI is InChI=1S/C21H25NO3/c1-3-17-11-13-19(14-12-17)21(24)25-15-20(23)22-16(2)9-10-18-7-5-4-6-8-18/h4-8,11-14,16H,3,9-10,15H2,1-2H3,(H,22,23). The molecule has 2 aromatic rings. The van der Waals surface area contributed by atoms with E-state index in [-0.39, 0.29) is 18.6 Å². The van der Waals surface area contributed by atoms with Crippen LogP contribution < -0.4 is 5.32 Å². The molecule has 0 aliphatic carbocycles. The first kappa shape index (κ1) is 18.7. The number of nitrogens with one attached hydrogen (secondary N) is 1. The Labute approximate surface area is 149 Å². The summed E-state index contributed by atoms with van der Waals surface area (Å²) in [7, 11) is 0. The summed E-state index contributed by atoms with van der Waals surface area (Å²) in [5.41, 5.74) is 2.86. The quantitative estimate of drug-likeness (QED) is 0.749. The fourth-order valence-electron chi connectivity index (χ4n) is 2.51. The van der Waals surface area contributed by atoms with E-state index >= 15 is 0 Å². The number of esters is 1. The molecule has 0 spiro atoms. The number of rotatable bonds is 8. The molecule has 1 N–H and O–H groups in total. The van der Waals surface area contributed by atoms with Crippen LogP contribution in [-0.4, -0.2) is 24.5 Å². The van der Waals surface area contributed by atoms with Crippen molar-refractivity contribution in [3.8, 4) is 0 Å². The minimum atomic E-state index is -0.477. The molecule has 1 amide bonds. The summed E-state index contributed by atoms with van der Waals surface area (Å²) in [6.45, 7) is 3.74. The first-order chi connectivity index (χ1) is 12.1. The van der Waals surface area contributed by atoms with Gasteiger partial charge in [0.1, 0.15) is 0 Å². The first-order valence-corrected chi connectivity index (χ1v) is 8.68. The number of amides is 1. The fourth-order valence-corrected chi connectivity index (χ4v) is 2.51. The topological polar surface area (TPSA) is 55.4 Å². The Bertz CT molecular complexity index is 680. The molecular weight excluding hydrogens is 314 g/mol. The van der Waals surface area contributed by atoms with Crippen LogP contribution in [0.25, 0.3) is 0 Å². The normalized spacial score (nSPS) is 11.6. The van der Waals surface area contributed by atoms with Gasteiger partial charge >= 0.3 is 5.97 Å². The predicted octanol–water partition coefficient (Wildman–Crippen LogP) is 3.54. The zero-order chi connectivity index (χ0) is 18.1. The number of carbonyl (C=O) groups excluding carboxylic acids is 2. The van der Waals surface area contributed by atoms with Crippen molar-refractivity contribution in [3.63, 3.8) is 0 Å². The number of aryl methyl sites for hydroxylation is 2. The van der Waals surface area contributed by atoms with Gasteiger partial charge in [-0.1, -0.05) is 49.4 Å². The summed E-state index contributed by atoms with van der Waals surface area (Å²) in [5.74, 6) is -0.756. The molecule has 132 valence electrons. The Kier molecular flexibility index (Phi) is 7.20. The van der Waals surface area contributed by atoms with Gasteiger partial charge in [-0.25, -0.2) is 4.79 Å². The summed E-state index contributed by atoms with van der Waals surface area (Å²) in [4.78, 5) is 23.9. The Morgan fingerprint density at radius 1 is 1.00 bits per heavy atom. The molecule has 2 rings (SSSR count). The second-order valence-corrected chi connectivity index (χ2v) is 6.12. The molecule has 0 saturated carbocycles. The molecule has 0 heterocycles. The van der Waals surface area contributed by atoms with Crippen LogP contribution in [0.2, 0.25) is 0 Å². The highest BCUT2D eigenvalue weighted by Gasteiger charge is 2.12. The third-order valence-electron chi connectivity index (χ3n) is 4.05. The van der Waals surface area contributed by atoms with E-state index in [0.717, 1.165) is 24.8 Å². The zero-order valence-electron chi connectivity index (χ0n) is 14.8. The van der Waals surface area contributed by atoms with E-state index in [4.69, 9.17) is 4.74 Å².